The molecule has 230 valence electrons. The lowest BCUT2D eigenvalue weighted by Gasteiger charge is -2.43. The number of ether oxygens (including phenoxy) is 6. The van der Waals surface area contributed by atoms with E-state index in [1.54, 1.807) is 0 Å². The predicted molar refractivity (Wildman–Crippen MR) is 134 cm³/mol. The fraction of sp³-hybridized carbons (Fsp3) is 0.741. The molecular weight excluding hydrogens is 548 g/mol. The highest BCUT2D eigenvalue weighted by Gasteiger charge is 2.55. The van der Waals surface area contributed by atoms with Gasteiger partial charge >= 0.3 is 17.9 Å². The highest BCUT2D eigenvalue weighted by molar-refractivity contribution is 5.96. The van der Waals surface area contributed by atoms with E-state index in [9.17, 15) is 39.9 Å². The lowest BCUT2D eigenvalue weighted by Crippen LogP contribution is -2.60. The van der Waals surface area contributed by atoms with Crippen molar-refractivity contribution < 1.29 is 68.3 Å². The summed E-state index contributed by atoms with van der Waals surface area (Å²) in [7, 11) is 1.19. The van der Waals surface area contributed by atoms with Gasteiger partial charge in [-0.3, -0.25) is 9.59 Å². The van der Waals surface area contributed by atoms with Crippen LogP contribution in [0.4, 0.5) is 0 Å². The molecule has 4 rings (SSSR count). The maximum absolute atomic E-state index is 13.4. The van der Waals surface area contributed by atoms with Crippen LogP contribution in [0.2, 0.25) is 0 Å². The second kappa shape index (κ2) is 13.2. The number of aliphatic hydroxyl groups is 5. The van der Waals surface area contributed by atoms with Gasteiger partial charge in [0.1, 0.15) is 30.5 Å². The summed E-state index contributed by atoms with van der Waals surface area (Å²) in [5.74, 6) is -5.50. The number of hydrogen-bond acceptors (Lipinski definition) is 14. The summed E-state index contributed by atoms with van der Waals surface area (Å²) in [6.07, 6.45) is -6.50. The highest BCUT2D eigenvalue weighted by Crippen LogP contribution is 2.47. The average Bonchev–Trinajstić information content (AvgIpc) is 3.27. The molecule has 13 atom stereocenters. The smallest absolute Gasteiger partial charge is 0.337 e. The van der Waals surface area contributed by atoms with Crippen LogP contribution in [0, 0.1) is 35.5 Å². The second-order valence-corrected chi connectivity index (χ2v) is 10.8. The van der Waals surface area contributed by atoms with Gasteiger partial charge in [0, 0.05) is 24.4 Å². The molecule has 41 heavy (non-hydrogen) atoms. The maximum Gasteiger partial charge on any atom is 0.337 e. The van der Waals surface area contributed by atoms with Crippen LogP contribution in [0.1, 0.15) is 19.8 Å². The van der Waals surface area contributed by atoms with Crippen LogP contribution in [0.15, 0.2) is 24.5 Å². The molecule has 0 aromatic carbocycles. The summed E-state index contributed by atoms with van der Waals surface area (Å²) in [4.78, 5) is 38.0. The lowest BCUT2D eigenvalue weighted by molar-refractivity contribution is -0.339. The van der Waals surface area contributed by atoms with Crippen LogP contribution in [0.3, 0.4) is 0 Å². The van der Waals surface area contributed by atoms with E-state index < -0.39 is 91.3 Å². The van der Waals surface area contributed by atoms with Crippen molar-refractivity contribution >= 4 is 17.9 Å². The fourth-order valence-corrected chi connectivity index (χ4v) is 6.30. The molecule has 3 fully saturated rings. The first-order chi connectivity index (χ1) is 19.6. The van der Waals surface area contributed by atoms with E-state index in [0.29, 0.717) is 0 Å². The SMILES string of the molecule is C=CC1C(O[C@@H]2O[C@H](CO)[C@@H](O)[C@H](O)[C@H]2O)OC=C(C(=O)OC2CC3C(C(=O)OC)C(=O)OCC3C2C)C1CCO. The number of hydrogen-bond donors (Lipinski definition) is 5. The van der Waals surface area contributed by atoms with Crippen molar-refractivity contribution in [3.05, 3.63) is 24.5 Å². The standard InChI is InChI=1S/C27H38O14/c1-4-12-13(5-6-28)16(10-38-26(12)41-27-22(32)21(31)20(30)18(8-29)40-27)23(33)39-17-7-14-15(11(17)2)9-37-25(35)19(14)24(34)36-3/h4,10-15,17-22,26-32H,1,5-9H2,2-3H3/t11?,12?,13?,14?,15?,17?,18-,19?,20-,21+,22-,26?,27+/m1/s1. The highest BCUT2D eigenvalue weighted by atomic mass is 16.8. The van der Waals surface area contributed by atoms with Gasteiger partial charge in [0.2, 0.25) is 6.29 Å². The van der Waals surface area contributed by atoms with Crippen molar-refractivity contribution in [2.45, 2.75) is 62.9 Å². The number of carbonyl (C=O) groups excluding carboxylic acids is 3. The molecule has 0 aromatic heterocycles. The van der Waals surface area contributed by atoms with Gasteiger partial charge in [-0.2, -0.15) is 0 Å². The Bertz CT molecular complexity index is 1000. The van der Waals surface area contributed by atoms with E-state index in [-0.39, 0.29) is 43.5 Å². The quantitative estimate of drug-likeness (QED) is 0.0890. The number of esters is 3. The normalized spacial score (nSPS) is 42.3. The summed E-state index contributed by atoms with van der Waals surface area (Å²) in [5.41, 5.74) is 0.0940. The Labute approximate surface area is 236 Å². The first kappa shape index (κ1) is 31.3. The van der Waals surface area contributed by atoms with Gasteiger partial charge in [0.05, 0.1) is 32.2 Å². The molecule has 3 heterocycles. The van der Waals surface area contributed by atoms with E-state index in [4.69, 9.17) is 28.4 Å². The molecule has 0 aromatic rings. The minimum absolute atomic E-state index is 0.0910. The molecule has 1 saturated carbocycles. The third-order valence-corrected chi connectivity index (χ3v) is 8.70. The van der Waals surface area contributed by atoms with Gasteiger partial charge in [-0.05, 0) is 24.7 Å². The number of aliphatic hydroxyl groups excluding tert-OH is 5. The van der Waals surface area contributed by atoms with Crippen molar-refractivity contribution in [3.63, 3.8) is 0 Å². The number of fused-ring (bicyclic) bond motifs is 1. The molecule has 5 N–H and O–H groups in total. The van der Waals surface area contributed by atoms with Crippen LogP contribution in [0.5, 0.6) is 0 Å². The largest absolute Gasteiger partial charge is 0.471 e. The molecular formula is C27H38O14. The number of rotatable bonds is 9. The van der Waals surface area contributed by atoms with E-state index in [0.717, 1.165) is 6.26 Å². The molecule has 0 radical (unpaired) electrons. The topological polar surface area (TPSA) is 208 Å². The molecule has 0 amide bonds. The van der Waals surface area contributed by atoms with Crippen LogP contribution >= 0.6 is 0 Å². The minimum Gasteiger partial charge on any atom is -0.471 e. The summed E-state index contributed by atoms with van der Waals surface area (Å²) < 4.78 is 32.7. The maximum atomic E-state index is 13.4. The number of carbonyl (C=O) groups is 3. The predicted octanol–water partition coefficient (Wildman–Crippen LogP) is -1.63. The summed E-state index contributed by atoms with van der Waals surface area (Å²) >= 11 is 0. The van der Waals surface area contributed by atoms with Gasteiger partial charge in [-0.1, -0.05) is 13.0 Å². The molecule has 14 nitrogen and oxygen atoms in total. The lowest BCUT2D eigenvalue weighted by atomic mass is 9.80. The van der Waals surface area contributed by atoms with Crippen molar-refractivity contribution in [3.8, 4) is 0 Å². The zero-order chi connectivity index (χ0) is 30.0. The second-order valence-electron chi connectivity index (χ2n) is 10.8. The van der Waals surface area contributed by atoms with E-state index >= 15 is 0 Å². The van der Waals surface area contributed by atoms with E-state index in [1.165, 1.54) is 13.2 Å². The van der Waals surface area contributed by atoms with Crippen LogP contribution < -0.4 is 0 Å². The molecule has 8 unspecified atom stereocenters. The van der Waals surface area contributed by atoms with Crippen LogP contribution in [-0.2, 0) is 42.8 Å². The number of methoxy groups -OCH3 is 1. The van der Waals surface area contributed by atoms with Gasteiger partial charge in [-0.15, -0.1) is 6.58 Å². The molecule has 1 aliphatic carbocycles. The zero-order valence-electron chi connectivity index (χ0n) is 22.8. The molecule has 3 aliphatic heterocycles. The third-order valence-electron chi connectivity index (χ3n) is 8.70. The minimum atomic E-state index is -1.68. The molecule has 14 heteroatoms. The fourth-order valence-electron chi connectivity index (χ4n) is 6.30. The van der Waals surface area contributed by atoms with Crippen molar-refractivity contribution in [1.82, 2.24) is 0 Å². The molecule has 2 saturated heterocycles. The summed E-state index contributed by atoms with van der Waals surface area (Å²) in [5, 5.41) is 49.7. The summed E-state index contributed by atoms with van der Waals surface area (Å²) in [6, 6.07) is 0. The summed E-state index contributed by atoms with van der Waals surface area (Å²) in [6.45, 7) is 4.79. The molecule has 0 bridgehead atoms. The first-order valence-corrected chi connectivity index (χ1v) is 13.6. The van der Waals surface area contributed by atoms with Crippen molar-refractivity contribution in [1.29, 1.82) is 0 Å². The van der Waals surface area contributed by atoms with Crippen molar-refractivity contribution in [2.24, 2.45) is 35.5 Å². The van der Waals surface area contributed by atoms with Gasteiger partial charge in [-0.25, -0.2) is 4.79 Å². The Kier molecular flexibility index (Phi) is 10.1. The Morgan fingerprint density at radius 1 is 1.12 bits per heavy atom. The van der Waals surface area contributed by atoms with Gasteiger partial charge < -0.3 is 54.0 Å². The number of cyclic esters (lactones) is 1. The molecule has 0 spiro atoms. The van der Waals surface area contributed by atoms with Gasteiger partial charge in [0.15, 0.2) is 12.2 Å². The van der Waals surface area contributed by atoms with E-state index in [2.05, 4.69) is 6.58 Å². The van der Waals surface area contributed by atoms with Crippen LogP contribution in [0.25, 0.3) is 0 Å². The van der Waals surface area contributed by atoms with Crippen molar-refractivity contribution in [2.75, 3.05) is 26.9 Å². The zero-order valence-corrected chi connectivity index (χ0v) is 22.8. The monoisotopic (exact) mass is 586 g/mol. The Balaban J connectivity index is 1.49. The van der Waals surface area contributed by atoms with E-state index in [1.807, 2.05) is 6.92 Å². The van der Waals surface area contributed by atoms with Gasteiger partial charge in [0.25, 0.3) is 0 Å². The Hall–Kier alpha value is -2.59. The first-order valence-electron chi connectivity index (χ1n) is 13.6. The third kappa shape index (κ3) is 6.00. The Morgan fingerprint density at radius 3 is 2.49 bits per heavy atom. The Morgan fingerprint density at radius 2 is 1.85 bits per heavy atom. The average molecular weight is 587 g/mol. The van der Waals surface area contributed by atoms with Crippen LogP contribution in [-0.4, -0.2) is 113 Å². The molecule has 4 aliphatic rings.